The van der Waals surface area contributed by atoms with Crippen LogP contribution in [0.2, 0.25) is 0 Å². The van der Waals surface area contributed by atoms with Crippen LogP contribution < -0.4 is 0 Å². The molecule has 0 bridgehead atoms. The zero-order valence-corrected chi connectivity index (χ0v) is 21.4. The number of phenolic OH excluding ortho intramolecular Hbond substituents is 1. The van der Waals surface area contributed by atoms with Crippen LogP contribution in [0.3, 0.4) is 0 Å². The number of aryl methyl sites for hydroxylation is 1. The second-order valence-electron chi connectivity index (χ2n) is 9.85. The van der Waals surface area contributed by atoms with Crippen molar-refractivity contribution in [2.75, 3.05) is 0 Å². The summed E-state index contributed by atoms with van der Waals surface area (Å²) in [4.78, 5) is 1.55. The summed E-state index contributed by atoms with van der Waals surface area (Å²) < 4.78 is 0. The molecule has 4 heteroatoms. The SMILES string of the molecule is CCCCCCCCCCCCCCCCCCc1ccc(O)c(-n2nc3ccccc3n2)c1. The molecule has 186 valence electrons. The lowest BCUT2D eigenvalue weighted by atomic mass is 10.0. The van der Waals surface area contributed by atoms with Crippen LogP contribution in [0.1, 0.15) is 115 Å². The summed E-state index contributed by atoms with van der Waals surface area (Å²) in [6, 6.07) is 13.6. The van der Waals surface area contributed by atoms with Gasteiger partial charge in [0.25, 0.3) is 0 Å². The number of hydrogen-bond donors (Lipinski definition) is 1. The molecule has 3 rings (SSSR count). The van der Waals surface area contributed by atoms with Crippen molar-refractivity contribution in [2.24, 2.45) is 0 Å². The number of hydrogen-bond acceptors (Lipinski definition) is 3. The molecule has 34 heavy (non-hydrogen) atoms. The second-order valence-corrected chi connectivity index (χ2v) is 9.85. The zero-order valence-electron chi connectivity index (χ0n) is 21.4. The second kappa shape index (κ2) is 15.5. The van der Waals surface area contributed by atoms with E-state index in [0.29, 0.717) is 5.69 Å². The van der Waals surface area contributed by atoms with Crippen LogP contribution in [-0.4, -0.2) is 20.1 Å². The third-order valence-corrected chi connectivity index (χ3v) is 6.86. The molecule has 0 unspecified atom stereocenters. The van der Waals surface area contributed by atoms with Crippen molar-refractivity contribution in [2.45, 2.75) is 116 Å². The van der Waals surface area contributed by atoms with E-state index in [-0.39, 0.29) is 5.75 Å². The van der Waals surface area contributed by atoms with Crippen LogP contribution in [0.25, 0.3) is 16.7 Å². The minimum atomic E-state index is 0.219. The van der Waals surface area contributed by atoms with Crippen molar-refractivity contribution in [3.63, 3.8) is 0 Å². The maximum Gasteiger partial charge on any atom is 0.143 e. The number of rotatable bonds is 18. The van der Waals surface area contributed by atoms with Crippen molar-refractivity contribution < 1.29 is 5.11 Å². The molecule has 0 amide bonds. The molecule has 0 aliphatic heterocycles. The number of benzene rings is 2. The zero-order chi connectivity index (χ0) is 23.8. The van der Waals surface area contributed by atoms with Crippen LogP contribution in [0.4, 0.5) is 0 Å². The molecule has 3 aromatic rings. The summed E-state index contributed by atoms with van der Waals surface area (Å²) in [5.41, 5.74) is 3.57. The quantitative estimate of drug-likeness (QED) is 0.192. The van der Waals surface area contributed by atoms with Crippen LogP contribution in [-0.2, 0) is 6.42 Å². The fraction of sp³-hybridized carbons (Fsp3) is 0.600. The van der Waals surface area contributed by atoms with E-state index in [0.717, 1.165) is 17.5 Å². The Morgan fingerprint density at radius 2 is 1.09 bits per heavy atom. The third kappa shape index (κ3) is 9.12. The van der Waals surface area contributed by atoms with Gasteiger partial charge in [-0.25, -0.2) is 0 Å². The summed E-state index contributed by atoms with van der Waals surface area (Å²) in [6.45, 7) is 2.29. The maximum atomic E-state index is 10.3. The Kier molecular flexibility index (Phi) is 12.0. The highest BCUT2D eigenvalue weighted by atomic mass is 16.3. The average molecular weight is 464 g/mol. The molecule has 0 aliphatic rings. The maximum absolute atomic E-state index is 10.3. The van der Waals surface area contributed by atoms with Gasteiger partial charge in [0.1, 0.15) is 22.5 Å². The molecule has 0 radical (unpaired) electrons. The van der Waals surface area contributed by atoms with Crippen molar-refractivity contribution >= 4 is 11.0 Å². The molecule has 1 aromatic heterocycles. The number of fused-ring (bicyclic) bond motifs is 1. The molecule has 1 heterocycles. The van der Waals surface area contributed by atoms with Gasteiger partial charge in [-0.3, -0.25) is 0 Å². The molecule has 0 saturated carbocycles. The fourth-order valence-electron chi connectivity index (χ4n) is 4.73. The fourth-order valence-corrected chi connectivity index (χ4v) is 4.73. The largest absolute Gasteiger partial charge is 0.506 e. The van der Waals surface area contributed by atoms with Crippen molar-refractivity contribution in [3.05, 3.63) is 48.0 Å². The van der Waals surface area contributed by atoms with Crippen LogP contribution in [0.5, 0.6) is 5.75 Å². The van der Waals surface area contributed by atoms with Crippen LogP contribution in [0.15, 0.2) is 42.5 Å². The van der Waals surface area contributed by atoms with Crippen LogP contribution >= 0.6 is 0 Å². The Bertz CT molecular complexity index is 916. The van der Waals surface area contributed by atoms with E-state index in [1.54, 1.807) is 10.9 Å². The van der Waals surface area contributed by atoms with Crippen molar-refractivity contribution in [3.8, 4) is 11.4 Å². The standard InChI is InChI=1S/C30H45N3O/c1-2-3-4-5-6-7-8-9-10-11-12-13-14-15-16-17-20-26-23-24-30(34)29(25-26)33-31-27-21-18-19-22-28(27)32-33/h18-19,21-25,34H,2-17,20H2,1H3. The predicted molar refractivity (Wildman–Crippen MR) is 144 cm³/mol. The molecule has 1 N–H and O–H groups in total. The number of aromatic hydroxyl groups is 1. The summed E-state index contributed by atoms with van der Waals surface area (Å²) in [5.74, 6) is 0.219. The highest BCUT2D eigenvalue weighted by Crippen LogP contribution is 2.24. The summed E-state index contributed by atoms with van der Waals surface area (Å²) in [6.07, 6.45) is 23.3. The number of nitrogens with zero attached hydrogens (tertiary/aromatic N) is 3. The Hall–Kier alpha value is -2.36. The smallest absolute Gasteiger partial charge is 0.143 e. The van der Waals surface area contributed by atoms with E-state index in [1.165, 1.54) is 108 Å². The van der Waals surface area contributed by atoms with E-state index >= 15 is 0 Å². The normalized spacial score (nSPS) is 11.4. The minimum absolute atomic E-state index is 0.219. The van der Waals surface area contributed by atoms with E-state index in [9.17, 15) is 5.11 Å². The molecule has 0 atom stereocenters. The van der Waals surface area contributed by atoms with Gasteiger partial charge < -0.3 is 5.11 Å². The first-order valence-corrected chi connectivity index (χ1v) is 13.9. The molecule has 4 nitrogen and oxygen atoms in total. The van der Waals surface area contributed by atoms with Crippen LogP contribution in [0, 0.1) is 0 Å². The topological polar surface area (TPSA) is 50.9 Å². The highest BCUT2D eigenvalue weighted by Gasteiger charge is 2.09. The molecule has 0 fully saturated rings. The van der Waals surface area contributed by atoms with Crippen molar-refractivity contribution in [1.29, 1.82) is 0 Å². The van der Waals surface area contributed by atoms with E-state index in [4.69, 9.17) is 0 Å². The molecule has 0 spiro atoms. The highest BCUT2D eigenvalue weighted by molar-refractivity contribution is 5.73. The van der Waals surface area contributed by atoms with E-state index in [1.807, 2.05) is 36.4 Å². The van der Waals surface area contributed by atoms with Gasteiger partial charge in [-0.1, -0.05) is 121 Å². The van der Waals surface area contributed by atoms with Gasteiger partial charge in [0.2, 0.25) is 0 Å². The van der Waals surface area contributed by atoms with Gasteiger partial charge in [-0.05, 0) is 42.7 Å². The van der Waals surface area contributed by atoms with Gasteiger partial charge in [0, 0.05) is 0 Å². The van der Waals surface area contributed by atoms with Gasteiger partial charge in [0.05, 0.1) is 0 Å². The summed E-state index contributed by atoms with van der Waals surface area (Å²) in [5, 5.41) is 19.3. The third-order valence-electron chi connectivity index (χ3n) is 6.86. The number of unbranched alkanes of at least 4 members (excludes halogenated alkanes) is 15. The lowest BCUT2D eigenvalue weighted by Gasteiger charge is -2.07. The minimum Gasteiger partial charge on any atom is -0.506 e. The molecular weight excluding hydrogens is 418 g/mol. The average Bonchev–Trinajstić information content (AvgIpc) is 3.29. The Morgan fingerprint density at radius 3 is 1.59 bits per heavy atom. The number of aromatic nitrogens is 3. The van der Waals surface area contributed by atoms with Gasteiger partial charge in [-0.2, -0.15) is 0 Å². The predicted octanol–water partition coefficient (Wildman–Crippen LogP) is 8.93. The number of phenols is 1. The first-order valence-electron chi connectivity index (χ1n) is 13.9. The molecule has 2 aromatic carbocycles. The Morgan fingerprint density at radius 1 is 0.618 bits per heavy atom. The van der Waals surface area contributed by atoms with E-state index < -0.39 is 0 Å². The van der Waals surface area contributed by atoms with Gasteiger partial charge in [-0.15, -0.1) is 15.0 Å². The van der Waals surface area contributed by atoms with E-state index in [2.05, 4.69) is 17.1 Å². The van der Waals surface area contributed by atoms with Crippen molar-refractivity contribution in [1.82, 2.24) is 15.0 Å². The molecular formula is C30H45N3O. The Balaban J connectivity index is 1.23. The van der Waals surface area contributed by atoms with Gasteiger partial charge in [0.15, 0.2) is 0 Å². The molecule has 0 saturated heterocycles. The first kappa shape index (κ1) is 26.2. The lowest BCUT2D eigenvalue weighted by Crippen LogP contribution is -2.00. The summed E-state index contributed by atoms with van der Waals surface area (Å²) >= 11 is 0. The monoisotopic (exact) mass is 463 g/mol. The first-order chi connectivity index (χ1) is 16.8. The lowest BCUT2D eigenvalue weighted by molar-refractivity contribution is 0.467. The Labute approximate surface area is 206 Å². The molecule has 0 aliphatic carbocycles. The van der Waals surface area contributed by atoms with Gasteiger partial charge >= 0.3 is 0 Å². The summed E-state index contributed by atoms with van der Waals surface area (Å²) in [7, 11) is 0.